The van der Waals surface area contributed by atoms with Crippen molar-refractivity contribution >= 4 is 28.7 Å². The van der Waals surface area contributed by atoms with Gasteiger partial charge in [-0.3, -0.25) is 0 Å². The SMILES string of the molecule is NC1CC2(CCN(c3nc4ccc(Cl)cc4o3)C2)C1. The van der Waals surface area contributed by atoms with Gasteiger partial charge in [-0.1, -0.05) is 11.6 Å². The molecular formula is C14H16ClN3O. The van der Waals surface area contributed by atoms with E-state index in [9.17, 15) is 0 Å². The molecule has 4 nitrogen and oxygen atoms in total. The summed E-state index contributed by atoms with van der Waals surface area (Å²) in [5.74, 6) is 0. The van der Waals surface area contributed by atoms with Crippen LogP contribution in [-0.2, 0) is 0 Å². The third-order valence-corrected chi connectivity index (χ3v) is 4.67. The van der Waals surface area contributed by atoms with Crippen molar-refractivity contribution in [1.29, 1.82) is 0 Å². The van der Waals surface area contributed by atoms with E-state index in [0.29, 0.717) is 16.5 Å². The van der Waals surface area contributed by atoms with Crippen LogP contribution in [0.2, 0.25) is 5.02 Å². The predicted molar refractivity (Wildman–Crippen MR) is 75.5 cm³/mol. The molecule has 1 aliphatic heterocycles. The number of oxazole rings is 1. The zero-order chi connectivity index (χ0) is 13.0. The molecule has 0 amide bonds. The molecule has 1 saturated heterocycles. The van der Waals surface area contributed by atoms with Crippen molar-refractivity contribution < 1.29 is 4.42 Å². The maximum absolute atomic E-state index is 5.97. The highest BCUT2D eigenvalue weighted by atomic mass is 35.5. The number of nitrogens with two attached hydrogens (primary N) is 1. The van der Waals surface area contributed by atoms with Crippen LogP contribution in [0.1, 0.15) is 19.3 Å². The van der Waals surface area contributed by atoms with Gasteiger partial charge in [0.1, 0.15) is 5.52 Å². The van der Waals surface area contributed by atoms with Gasteiger partial charge < -0.3 is 15.1 Å². The molecule has 4 rings (SSSR count). The number of anilines is 1. The van der Waals surface area contributed by atoms with E-state index in [2.05, 4.69) is 9.88 Å². The second kappa shape index (κ2) is 3.87. The van der Waals surface area contributed by atoms with Crippen LogP contribution in [0.4, 0.5) is 6.01 Å². The van der Waals surface area contributed by atoms with Crippen LogP contribution in [0.25, 0.3) is 11.1 Å². The van der Waals surface area contributed by atoms with Gasteiger partial charge in [0.15, 0.2) is 5.58 Å². The van der Waals surface area contributed by atoms with Gasteiger partial charge in [-0.05, 0) is 36.8 Å². The average Bonchev–Trinajstić information content (AvgIpc) is 2.91. The van der Waals surface area contributed by atoms with Gasteiger partial charge in [0.05, 0.1) is 0 Å². The number of halogens is 1. The fraction of sp³-hybridized carbons (Fsp3) is 0.500. The van der Waals surface area contributed by atoms with E-state index < -0.39 is 0 Å². The summed E-state index contributed by atoms with van der Waals surface area (Å²) >= 11 is 5.97. The van der Waals surface area contributed by atoms with E-state index >= 15 is 0 Å². The molecule has 5 heteroatoms. The summed E-state index contributed by atoms with van der Waals surface area (Å²) in [7, 11) is 0. The Hall–Kier alpha value is -1.26. The van der Waals surface area contributed by atoms with Gasteiger partial charge in [-0.2, -0.15) is 4.98 Å². The quantitative estimate of drug-likeness (QED) is 0.871. The van der Waals surface area contributed by atoms with Gasteiger partial charge in [0.25, 0.3) is 6.01 Å². The van der Waals surface area contributed by atoms with Crippen LogP contribution in [0.15, 0.2) is 22.6 Å². The molecule has 1 aromatic carbocycles. The smallest absolute Gasteiger partial charge is 0.298 e. The second-order valence-corrected chi connectivity index (χ2v) is 6.38. The summed E-state index contributed by atoms with van der Waals surface area (Å²) in [5.41, 5.74) is 7.96. The van der Waals surface area contributed by atoms with Gasteiger partial charge >= 0.3 is 0 Å². The maximum atomic E-state index is 5.97. The van der Waals surface area contributed by atoms with Gasteiger partial charge in [0, 0.05) is 30.2 Å². The number of hydrogen-bond acceptors (Lipinski definition) is 4. The monoisotopic (exact) mass is 277 g/mol. The zero-order valence-electron chi connectivity index (χ0n) is 10.6. The highest BCUT2D eigenvalue weighted by Crippen LogP contribution is 2.48. The third kappa shape index (κ3) is 1.82. The second-order valence-electron chi connectivity index (χ2n) is 5.95. The molecule has 2 aliphatic rings. The molecule has 0 atom stereocenters. The van der Waals surface area contributed by atoms with Crippen LogP contribution in [0.3, 0.4) is 0 Å². The van der Waals surface area contributed by atoms with Gasteiger partial charge in [-0.15, -0.1) is 0 Å². The standard InChI is InChI=1S/C14H16ClN3O/c15-9-1-2-11-12(5-9)19-13(17-11)18-4-3-14(8-18)6-10(16)7-14/h1-2,5,10H,3-4,6-8,16H2. The fourth-order valence-corrected chi connectivity index (χ4v) is 3.67. The molecule has 2 aromatic rings. The lowest BCUT2D eigenvalue weighted by atomic mass is 9.65. The minimum absolute atomic E-state index is 0.391. The van der Waals surface area contributed by atoms with Crippen LogP contribution in [-0.4, -0.2) is 24.1 Å². The summed E-state index contributed by atoms with van der Waals surface area (Å²) in [6, 6.07) is 6.66. The Morgan fingerprint density at radius 3 is 3.05 bits per heavy atom. The van der Waals surface area contributed by atoms with Crippen molar-refractivity contribution in [3.63, 3.8) is 0 Å². The van der Waals surface area contributed by atoms with Crippen LogP contribution in [0, 0.1) is 5.41 Å². The molecule has 2 heterocycles. The number of fused-ring (bicyclic) bond motifs is 1. The number of aromatic nitrogens is 1. The molecule has 2 N–H and O–H groups in total. The third-order valence-electron chi connectivity index (χ3n) is 4.44. The van der Waals surface area contributed by atoms with E-state index in [1.165, 1.54) is 6.42 Å². The number of nitrogens with zero attached hydrogens (tertiary/aromatic N) is 2. The molecule has 19 heavy (non-hydrogen) atoms. The molecule has 1 aliphatic carbocycles. The molecule has 0 unspecified atom stereocenters. The highest BCUT2D eigenvalue weighted by molar-refractivity contribution is 6.31. The van der Waals surface area contributed by atoms with Crippen LogP contribution in [0.5, 0.6) is 0 Å². The number of hydrogen-bond donors (Lipinski definition) is 1. The molecule has 2 fully saturated rings. The van der Waals surface area contributed by atoms with E-state index in [-0.39, 0.29) is 0 Å². The molecule has 1 aromatic heterocycles. The lowest BCUT2D eigenvalue weighted by Crippen LogP contribution is -2.47. The Morgan fingerprint density at radius 2 is 2.26 bits per heavy atom. The summed E-state index contributed by atoms with van der Waals surface area (Å²) in [6.07, 6.45) is 3.46. The fourth-order valence-electron chi connectivity index (χ4n) is 3.51. The molecule has 100 valence electrons. The molecule has 1 saturated carbocycles. The van der Waals surface area contributed by atoms with E-state index in [4.69, 9.17) is 21.8 Å². The van der Waals surface area contributed by atoms with Crippen molar-refractivity contribution in [3.05, 3.63) is 23.2 Å². The Balaban J connectivity index is 1.61. The summed E-state index contributed by atoms with van der Waals surface area (Å²) in [5, 5.41) is 0.679. The first-order valence-electron chi connectivity index (χ1n) is 6.70. The minimum atomic E-state index is 0.391. The van der Waals surface area contributed by atoms with E-state index in [0.717, 1.165) is 43.0 Å². The first-order chi connectivity index (χ1) is 9.13. The van der Waals surface area contributed by atoms with Crippen molar-refractivity contribution in [3.8, 4) is 0 Å². The largest absolute Gasteiger partial charge is 0.423 e. The van der Waals surface area contributed by atoms with Crippen molar-refractivity contribution in [2.75, 3.05) is 18.0 Å². The molecule has 0 radical (unpaired) electrons. The molecular weight excluding hydrogens is 262 g/mol. The van der Waals surface area contributed by atoms with E-state index in [1.54, 1.807) is 0 Å². The highest BCUT2D eigenvalue weighted by Gasteiger charge is 2.47. The average molecular weight is 278 g/mol. The number of benzene rings is 1. The topological polar surface area (TPSA) is 55.3 Å². The molecule has 0 bridgehead atoms. The van der Waals surface area contributed by atoms with E-state index in [1.807, 2.05) is 18.2 Å². The zero-order valence-corrected chi connectivity index (χ0v) is 11.4. The predicted octanol–water partition coefficient (Wildman–Crippen LogP) is 2.80. The molecule has 1 spiro atoms. The summed E-state index contributed by atoms with van der Waals surface area (Å²) < 4.78 is 5.82. The van der Waals surface area contributed by atoms with Crippen molar-refractivity contribution in [2.45, 2.75) is 25.3 Å². The normalized spacial score (nSPS) is 30.2. The van der Waals surface area contributed by atoms with Gasteiger partial charge in [0.2, 0.25) is 0 Å². The number of rotatable bonds is 1. The Bertz CT molecular complexity index is 633. The lowest BCUT2D eigenvalue weighted by molar-refractivity contribution is 0.132. The Morgan fingerprint density at radius 1 is 1.42 bits per heavy atom. The Labute approximate surface area is 116 Å². The van der Waals surface area contributed by atoms with Crippen LogP contribution < -0.4 is 10.6 Å². The van der Waals surface area contributed by atoms with Crippen molar-refractivity contribution in [1.82, 2.24) is 4.98 Å². The lowest BCUT2D eigenvalue weighted by Gasteiger charge is -2.43. The Kier molecular flexibility index (Phi) is 2.35. The summed E-state index contributed by atoms with van der Waals surface area (Å²) in [6.45, 7) is 2.02. The maximum Gasteiger partial charge on any atom is 0.298 e. The van der Waals surface area contributed by atoms with Crippen LogP contribution >= 0.6 is 11.6 Å². The van der Waals surface area contributed by atoms with Crippen molar-refractivity contribution in [2.24, 2.45) is 11.1 Å². The first kappa shape index (κ1) is 11.6. The van der Waals surface area contributed by atoms with Gasteiger partial charge in [-0.25, -0.2) is 0 Å². The summed E-state index contributed by atoms with van der Waals surface area (Å²) in [4.78, 5) is 6.78. The first-order valence-corrected chi connectivity index (χ1v) is 7.08. The minimum Gasteiger partial charge on any atom is -0.423 e.